The molecule has 0 aliphatic carbocycles. The van der Waals surface area contributed by atoms with Gasteiger partial charge in [0.25, 0.3) is 5.91 Å². The van der Waals surface area contributed by atoms with Crippen molar-refractivity contribution in [3.05, 3.63) is 71.4 Å². The molecule has 3 aromatic rings. The topological polar surface area (TPSA) is 65.0 Å². The number of nitrogens with zero attached hydrogens (tertiary/aromatic N) is 6. The first kappa shape index (κ1) is 23.9. The molecule has 2 aliphatic heterocycles. The Kier molecular flexibility index (Phi) is 6.93. The molecule has 0 atom stereocenters. The molecule has 0 unspecified atom stereocenters. The number of hydrogen-bond donors (Lipinski definition) is 0. The van der Waals surface area contributed by atoms with Crippen molar-refractivity contribution in [1.29, 1.82) is 0 Å². The van der Waals surface area contributed by atoms with Gasteiger partial charge in [0.15, 0.2) is 6.61 Å². The third-order valence-corrected chi connectivity index (χ3v) is 6.87. The summed E-state index contributed by atoms with van der Waals surface area (Å²) in [6.45, 7) is 6.90. The minimum atomic E-state index is -0.0227. The van der Waals surface area contributed by atoms with Crippen LogP contribution < -0.4 is 19.4 Å². The van der Waals surface area contributed by atoms with Gasteiger partial charge in [0.05, 0.1) is 12.2 Å². The summed E-state index contributed by atoms with van der Waals surface area (Å²) in [4.78, 5) is 31.4. The molecule has 36 heavy (non-hydrogen) atoms. The molecule has 5 rings (SSSR count). The summed E-state index contributed by atoms with van der Waals surface area (Å²) in [5.41, 5.74) is 4.61. The van der Waals surface area contributed by atoms with Gasteiger partial charge in [0.2, 0.25) is 5.95 Å². The Morgan fingerprint density at radius 3 is 2.31 bits per heavy atom. The number of hydrogen-bond acceptors (Lipinski definition) is 7. The van der Waals surface area contributed by atoms with Crippen LogP contribution >= 0.6 is 0 Å². The van der Waals surface area contributed by atoms with E-state index in [0.29, 0.717) is 25.3 Å². The number of aryl methyl sites for hydroxylation is 1. The average molecular weight is 487 g/mol. The van der Waals surface area contributed by atoms with Crippen molar-refractivity contribution < 1.29 is 9.53 Å². The number of rotatable bonds is 6. The molecule has 0 bridgehead atoms. The molecule has 0 spiro atoms. The summed E-state index contributed by atoms with van der Waals surface area (Å²) < 4.78 is 5.69. The Morgan fingerprint density at radius 2 is 1.61 bits per heavy atom. The standard InChI is InChI=1S/C28H34N6O2/c1-21-9-11-22(12-10-21)32-15-17-33(18-16-32)28-29-25-13-14-34(19-24(25)27(30-28)31(2)3)26(35)20-36-23-7-5-4-6-8-23/h4-12H,13-20H2,1-3H3. The number of para-hydroxylation sites is 1. The van der Waals surface area contributed by atoms with E-state index in [1.165, 1.54) is 11.3 Å². The number of anilines is 3. The van der Waals surface area contributed by atoms with Crippen LogP contribution in [-0.2, 0) is 17.8 Å². The van der Waals surface area contributed by atoms with Crippen LogP contribution in [0.1, 0.15) is 16.8 Å². The number of carbonyl (C=O) groups excluding carboxylic acids is 1. The first-order valence-electron chi connectivity index (χ1n) is 12.6. The molecule has 188 valence electrons. The van der Waals surface area contributed by atoms with E-state index in [1.807, 2.05) is 54.2 Å². The Hall–Kier alpha value is -3.81. The normalized spacial score (nSPS) is 15.5. The van der Waals surface area contributed by atoms with Crippen LogP contribution in [0.4, 0.5) is 17.5 Å². The molecule has 1 aromatic heterocycles. The van der Waals surface area contributed by atoms with Crippen LogP contribution in [-0.4, -0.2) is 74.2 Å². The largest absolute Gasteiger partial charge is 0.484 e. The Morgan fingerprint density at radius 1 is 0.917 bits per heavy atom. The maximum absolute atomic E-state index is 12.9. The summed E-state index contributed by atoms with van der Waals surface area (Å²) in [6.07, 6.45) is 0.714. The Bertz CT molecular complexity index is 1190. The molecule has 1 fully saturated rings. The van der Waals surface area contributed by atoms with Crippen molar-refractivity contribution in [2.24, 2.45) is 0 Å². The lowest BCUT2D eigenvalue weighted by Gasteiger charge is -2.37. The summed E-state index contributed by atoms with van der Waals surface area (Å²) in [5, 5.41) is 0. The van der Waals surface area contributed by atoms with E-state index in [2.05, 4.69) is 41.0 Å². The summed E-state index contributed by atoms with van der Waals surface area (Å²) in [7, 11) is 4.00. The number of amides is 1. The zero-order valence-electron chi connectivity index (χ0n) is 21.4. The van der Waals surface area contributed by atoms with Crippen molar-refractivity contribution in [2.75, 3.05) is 68.1 Å². The number of piperazine rings is 1. The highest BCUT2D eigenvalue weighted by atomic mass is 16.5. The maximum atomic E-state index is 12.9. The highest BCUT2D eigenvalue weighted by Crippen LogP contribution is 2.29. The van der Waals surface area contributed by atoms with Crippen molar-refractivity contribution >= 4 is 23.4 Å². The predicted octanol–water partition coefficient (Wildman–Crippen LogP) is 3.14. The minimum Gasteiger partial charge on any atom is -0.484 e. The molecular weight excluding hydrogens is 452 g/mol. The molecule has 2 aliphatic rings. The quantitative estimate of drug-likeness (QED) is 0.530. The fraction of sp³-hybridized carbons (Fsp3) is 0.393. The van der Waals surface area contributed by atoms with Gasteiger partial charge in [0, 0.05) is 64.5 Å². The van der Waals surface area contributed by atoms with Gasteiger partial charge >= 0.3 is 0 Å². The molecule has 1 saturated heterocycles. The van der Waals surface area contributed by atoms with Crippen LogP contribution in [0.2, 0.25) is 0 Å². The molecule has 2 aromatic carbocycles. The van der Waals surface area contributed by atoms with E-state index in [0.717, 1.165) is 49.2 Å². The zero-order chi connectivity index (χ0) is 25.1. The fourth-order valence-electron chi connectivity index (χ4n) is 4.78. The Labute approximate surface area is 213 Å². The second-order valence-electron chi connectivity index (χ2n) is 9.64. The zero-order valence-corrected chi connectivity index (χ0v) is 21.4. The van der Waals surface area contributed by atoms with Gasteiger partial charge in [-0.15, -0.1) is 0 Å². The van der Waals surface area contributed by atoms with Gasteiger partial charge in [-0.3, -0.25) is 4.79 Å². The van der Waals surface area contributed by atoms with Gasteiger partial charge in [0.1, 0.15) is 11.6 Å². The van der Waals surface area contributed by atoms with Crippen LogP contribution in [0, 0.1) is 6.92 Å². The second-order valence-corrected chi connectivity index (χ2v) is 9.64. The van der Waals surface area contributed by atoms with Gasteiger partial charge in [-0.2, -0.15) is 4.98 Å². The van der Waals surface area contributed by atoms with E-state index in [-0.39, 0.29) is 12.5 Å². The molecule has 0 saturated carbocycles. The smallest absolute Gasteiger partial charge is 0.260 e. The van der Waals surface area contributed by atoms with Crippen molar-refractivity contribution in [2.45, 2.75) is 19.9 Å². The lowest BCUT2D eigenvalue weighted by Crippen LogP contribution is -2.47. The molecule has 1 amide bonds. The molecule has 0 N–H and O–H groups in total. The number of carbonyl (C=O) groups is 1. The SMILES string of the molecule is Cc1ccc(N2CCN(c3nc4c(c(N(C)C)n3)CN(C(=O)COc3ccccc3)CC4)CC2)cc1. The number of benzene rings is 2. The van der Waals surface area contributed by atoms with Gasteiger partial charge in [-0.25, -0.2) is 4.98 Å². The van der Waals surface area contributed by atoms with Gasteiger partial charge < -0.3 is 24.3 Å². The molecule has 8 heteroatoms. The predicted molar refractivity (Wildman–Crippen MR) is 143 cm³/mol. The second kappa shape index (κ2) is 10.4. The van der Waals surface area contributed by atoms with Crippen LogP contribution in [0.3, 0.4) is 0 Å². The molecule has 0 radical (unpaired) electrons. The summed E-state index contributed by atoms with van der Waals surface area (Å²) >= 11 is 0. The average Bonchev–Trinajstić information content (AvgIpc) is 2.92. The van der Waals surface area contributed by atoms with Crippen LogP contribution in [0.25, 0.3) is 0 Å². The third-order valence-electron chi connectivity index (χ3n) is 6.87. The number of fused-ring (bicyclic) bond motifs is 1. The summed E-state index contributed by atoms with van der Waals surface area (Å²) in [6, 6.07) is 18.2. The minimum absolute atomic E-state index is 0.0227. The van der Waals surface area contributed by atoms with E-state index in [4.69, 9.17) is 14.7 Å². The van der Waals surface area contributed by atoms with E-state index in [9.17, 15) is 4.79 Å². The van der Waals surface area contributed by atoms with Gasteiger partial charge in [-0.1, -0.05) is 35.9 Å². The monoisotopic (exact) mass is 486 g/mol. The lowest BCUT2D eigenvalue weighted by molar-refractivity contribution is -0.134. The van der Waals surface area contributed by atoms with Crippen molar-refractivity contribution in [3.63, 3.8) is 0 Å². The van der Waals surface area contributed by atoms with Crippen molar-refractivity contribution in [3.8, 4) is 5.75 Å². The summed E-state index contributed by atoms with van der Waals surface area (Å²) in [5.74, 6) is 2.35. The molecule has 8 nitrogen and oxygen atoms in total. The first-order valence-corrected chi connectivity index (χ1v) is 12.6. The van der Waals surface area contributed by atoms with Crippen molar-refractivity contribution in [1.82, 2.24) is 14.9 Å². The Balaban J connectivity index is 1.27. The highest BCUT2D eigenvalue weighted by molar-refractivity contribution is 5.78. The number of aromatic nitrogens is 2. The van der Waals surface area contributed by atoms with Gasteiger partial charge in [-0.05, 0) is 31.2 Å². The fourth-order valence-corrected chi connectivity index (χ4v) is 4.78. The molecular formula is C28H34N6O2. The van der Waals surface area contributed by atoms with Crippen LogP contribution in [0.15, 0.2) is 54.6 Å². The highest BCUT2D eigenvalue weighted by Gasteiger charge is 2.28. The van der Waals surface area contributed by atoms with E-state index >= 15 is 0 Å². The third kappa shape index (κ3) is 5.22. The molecule has 3 heterocycles. The van der Waals surface area contributed by atoms with E-state index in [1.54, 1.807) is 0 Å². The number of ether oxygens (including phenoxy) is 1. The lowest BCUT2D eigenvalue weighted by atomic mass is 10.1. The first-order chi connectivity index (χ1) is 17.5. The maximum Gasteiger partial charge on any atom is 0.260 e. The van der Waals surface area contributed by atoms with E-state index < -0.39 is 0 Å². The van der Waals surface area contributed by atoms with Crippen LogP contribution in [0.5, 0.6) is 5.75 Å².